The van der Waals surface area contributed by atoms with Crippen molar-refractivity contribution in [3.8, 4) is 17.2 Å². The standard InChI is InChI=1S/C39H46FN5O6/c1-42(38(47)29-22-35(48-2)37(50-4)36(23-29)49-3)24-28(27-10-12-30(40)13-11-27)16-19-43-17-7-18-44(21-20-43)39-41-33-8-5-6-9-34(33)45(39)25-31-14-15-32(26-46)51-31/h5-6,8-15,22-23,28,46H,7,16-21,24-26H2,1-4H3. The minimum absolute atomic E-state index is 0.0257. The monoisotopic (exact) mass is 699 g/mol. The highest BCUT2D eigenvalue weighted by molar-refractivity contribution is 5.95. The molecule has 270 valence electrons. The molecule has 1 N–H and O–H groups in total. The first-order valence-electron chi connectivity index (χ1n) is 17.2. The summed E-state index contributed by atoms with van der Waals surface area (Å²) in [6.07, 6.45) is 1.74. The third-order valence-corrected chi connectivity index (χ3v) is 9.58. The molecular formula is C39H46FN5O6. The van der Waals surface area contributed by atoms with Crippen LogP contribution in [0, 0.1) is 5.82 Å². The first-order chi connectivity index (χ1) is 24.8. The van der Waals surface area contributed by atoms with Gasteiger partial charge < -0.3 is 43.0 Å². The minimum atomic E-state index is -0.293. The molecule has 3 aromatic carbocycles. The molecule has 1 aliphatic heterocycles. The molecule has 1 aliphatic rings. The number of rotatable bonds is 14. The molecule has 5 aromatic rings. The van der Waals surface area contributed by atoms with Crippen molar-refractivity contribution >= 4 is 22.9 Å². The summed E-state index contributed by atoms with van der Waals surface area (Å²) in [4.78, 5) is 25.3. The summed E-state index contributed by atoms with van der Waals surface area (Å²) in [5.41, 5.74) is 3.36. The van der Waals surface area contributed by atoms with Crippen LogP contribution in [0.4, 0.5) is 10.3 Å². The Bertz CT molecular complexity index is 1900. The van der Waals surface area contributed by atoms with Crippen molar-refractivity contribution < 1.29 is 32.9 Å². The van der Waals surface area contributed by atoms with Crippen molar-refractivity contribution in [2.24, 2.45) is 0 Å². The lowest BCUT2D eigenvalue weighted by atomic mass is 9.94. The van der Waals surface area contributed by atoms with E-state index < -0.39 is 0 Å². The van der Waals surface area contributed by atoms with Crippen LogP contribution in [0.15, 0.2) is 77.2 Å². The Hall–Kier alpha value is -5.07. The SMILES string of the molecule is COc1cc(C(=O)N(C)CC(CCN2CCCN(c3nc4ccccc4n3Cc3ccc(CO)o3)CC2)c2ccc(F)cc2)cc(OC)c1OC. The van der Waals surface area contributed by atoms with Crippen molar-refractivity contribution in [3.05, 3.63) is 101 Å². The molecule has 2 aromatic heterocycles. The number of aliphatic hydroxyl groups is 1. The number of hydrogen-bond acceptors (Lipinski definition) is 9. The molecule has 0 bridgehead atoms. The van der Waals surface area contributed by atoms with E-state index in [-0.39, 0.29) is 24.2 Å². The maximum atomic E-state index is 14.0. The Morgan fingerprint density at radius 1 is 0.941 bits per heavy atom. The normalized spacial score (nSPS) is 14.4. The van der Waals surface area contributed by atoms with Gasteiger partial charge in [0.15, 0.2) is 11.5 Å². The number of para-hydroxylation sites is 2. The maximum Gasteiger partial charge on any atom is 0.253 e. The number of anilines is 1. The highest BCUT2D eigenvalue weighted by Crippen LogP contribution is 2.38. The number of furan rings is 1. The van der Waals surface area contributed by atoms with Gasteiger partial charge in [0, 0.05) is 44.7 Å². The topological polar surface area (TPSA) is 106 Å². The van der Waals surface area contributed by atoms with Gasteiger partial charge in [-0.1, -0.05) is 24.3 Å². The van der Waals surface area contributed by atoms with Gasteiger partial charge in [0.2, 0.25) is 11.7 Å². The van der Waals surface area contributed by atoms with Gasteiger partial charge in [0.25, 0.3) is 5.91 Å². The number of amides is 1. The fraction of sp³-hybridized carbons (Fsp3) is 0.385. The molecule has 1 fully saturated rings. The van der Waals surface area contributed by atoms with Gasteiger partial charge in [-0.05, 0) is 80.0 Å². The van der Waals surface area contributed by atoms with Crippen LogP contribution < -0.4 is 19.1 Å². The molecule has 0 spiro atoms. The van der Waals surface area contributed by atoms with E-state index in [2.05, 4.69) is 20.4 Å². The second kappa shape index (κ2) is 16.3. The number of methoxy groups -OCH3 is 3. The number of aliphatic hydroxyl groups excluding tert-OH is 1. The summed E-state index contributed by atoms with van der Waals surface area (Å²) >= 11 is 0. The Kier molecular flexibility index (Phi) is 11.4. The molecule has 0 saturated carbocycles. The number of benzene rings is 3. The van der Waals surface area contributed by atoms with Gasteiger partial charge in [-0.25, -0.2) is 9.37 Å². The molecule has 3 heterocycles. The van der Waals surface area contributed by atoms with E-state index in [1.165, 1.54) is 33.5 Å². The lowest BCUT2D eigenvalue weighted by Gasteiger charge is -2.28. The second-order valence-electron chi connectivity index (χ2n) is 12.8. The van der Waals surface area contributed by atoms with E-state index in [1.54, 1.807) is 30.1 Å². The van der Waals surface area contributed by atoms with Gasteiger partial charge in [-0.3, -0.25) is 4.79 Å². The van der Waals surface area contributed by atoms with Crippen molar-refractivity contribution in [1.29, 1.82) is 0 Å². The van der Waals surface area contributed by atoms with Crippen LogP contribution in [-0.2, 0) is 13.2 Å². The fourth-order valence-corrected chi connectivity index (χ4v) is 6.88. The smallest absolute Gasteiger partial charge is 0.253 e. The molecule has 11 nitrogen and oxygen atoms in total. The zero-order valence-electron chi connectivity index (χ0n) is 29.7. The maximum absolute atomic E-state index is 14.0. The van der Waals surface area contributed by atoms with Crippen LogP contribution in [0.25, 0.3) is 11.0 Å². The van der Waals surface area contributed by atoms with E-state index in [1.807, 2.05) is 36.4 Å². The quantitative estimate of drug-likeness (QED) is 0.154. The van der Waals surface area contributed by atoms with Crippen molar-refractivity contribution in [3.63, 3.8) is 0 Å². The average molecular weight is 700 g/mol. The highest BCUT2D eigenvalue weighted by Gasteiger charge is 2.25. The van der Waals surface area contributed by atoms with Crippen LogP contribution >= 0.6 is 0 Å². The molecule has 1 unspecified atom stereocenters. The van der Waals surface area contributed by atoms with E-state index in [4.69, 9.17) is 23.6 Å². The third-order valence-electron chi connectivity index (χ3n) is 9.58. The van der Waals surface area contributed by atoms with Crippen LogP contribution in [0.3, 0.4) is 0 Å². The summed E-state index contributed by atoms with van der Waals surface area (Å²) in [5, 5.41) is 9.51. The molecule has 0 radical (unpaired) electrons. The van der Waals surface area contributed by atoms with Crippen molar-refractivity contribution in [1.82, 2.24) is 19.4 Å². The summed E-state index contributed by atoms with van der Waals surface area (Å²) in [6, 6.07) is 21.7. The Morgan fingerprint density at radius 2 is 1.67 bits per heavy atom. The molecule has 12 heteroatoms. The molecule has 51 heavy (non-hydrogen) atoms. The van der Waals surface area contributed by atoms with Gasteiger partial charge in [0.1, 0.15) is 23.9 Å². The number of carbonyl (C=O) groups excluding carboxylic acids is 1. The van der Waals surface area contributed by atoms with Gasteiger partial charge in [-0.2, -0.15) is 0 Å². The number of hydrogen-bond donors (Lipinski definition) is 1. The number of ether oxygens (including phenoxy) is 3. The van der Waals surface area contributed by atoms with E-state index in [0.717, 1.165) is 73.9 Å². The zero-order chi connectivity index (χ0) is 35.9. The third kappa shape index (κ3) is 8.13. The molecule has 1 atom stereocenters. The largest absolute Gasteiger partial charge is 0.493 e. The summed E-state index contributed by atoms with van der Waals surface area (Å²) < 4.78 is 38.4. The van der Waals surface area contributed by atoms with Crippen LogP contribution in [0.1, 0.15) is 46.2 Å². The molecule has 6 rings (SSSR count). The van der Waals surface area contributed by atoms with Crippen LogP contribution in [0.5, 0.6) is 17.2 Å². The predicted molar refractivity (Wildman–Crippen MR) is 194 cm³/mol. The predicted octanol–water partition coefficient (Wildman–Crippen LogP) is 5.79. The van der Waals surface area contributed by atoms with Gasteiger partial charge in [-0.15, -0.1) is 0 Å². The second-order valence-corrected chi connectivity index (χ2v) is 12.8. The molecular weight excluding hydrogens is 653 g/mol. The highest BCUT2D eigenvalue weighted by atomic mass is 19.1. The number of aromatic nitrogens is 2. The van der Waals surface area contributed by atoms with Crippen molar-refractivity contribution in [2.45, 2.75) is 31.9 Å². The number of likely N-dealkylation sites (N-methyl/N-ethyl adjacent to an activating group) is 1. The number of imidazole rings is 1. The van der Waals surface area contributed by atoms with E-state index in [9.17, 15) is 14.3 Å². The Morgan fingerprint density at radius 3 is 2.35 bits per heavy atom. The lowest BCUT2D eigenvalue weighted by molar-refractivity contribution is 0.0782. The van der Waals surface area contributed by atoms with Gasteiger partial charge >= 0.3 is 0 Å². The minimum Gasteiger partial charge on any atom is -0.493 e. The molecule has 1 saturated heterocycles. The number of halogens is 1. The van der Waals surface area contributed by atoms with Crippen LogP contribution in [0.2, 0.25) is 0 Å². The van der Waals surface area contributed by atoms with E-state index in [0.29, 0.717) is 41.7 Å². The number of carbonyl (C=O) groups is 1. The van der Waals surface area contributed by atoms with Crippen LogP contribution in [-0.4, -0.2) is 98.0 Å². The first-order valence-corrected chi connectivity index (χ1v) is 17.2. The Balaban J connectivity index is 1.15. The molecule has 1 amide bonds. The molecule has 0 aliphatic carbocycles. The number of fused-ring (bicyclic) bond motifs is 1. The Labute approximate surface area is 297 Å². The summed E-state index contributed by atoms with van der Waals surface area (Å²) in [7, 11) is 6.35. The fourth-order valence-electron chi connectivity index (χ4n) is 6.88. The number of nitrogens with zero attached hydrogens (tertiary/aromatic N) is 5. The first kappa shape index (κ1) is 35.7. The van der Waals surface area contributed by atoms with E-state index >= 15 is 0 Å². The van der Waals surface area contributed by atoms with Crippen molar-refractivity contribution in [2.75, 3.05) is 72.5 Å². The zero-order valence-corrected chi connectivity index (χ0v) is 29.7. The average Bonchev–Trinajstić information content (AvgIpc) is 3.69. The lowest BCUT2D eigenvalue weighted by Crippen LogP contribution is -2.35. The van der Waals surface area contributed by atoms with Gasteiger partial charge in [0.05, 0.1) is 38.9 Å². The summed E-state index contributed by atoms with van der Waals surface area (Å²) in [6.45, 7) is 5.04. The summed E-state index contributed by atoms with van der Waals surface area (Å²) in [5.74, 6) is 2.94.